The van der Waals surface area contributed by atoms with Gasteiger partial charge >= 0.3 is 23.0 Å². The highest BCUT2D eigenvalue weighted by atomic mass is 16.5. The number of carboxylic acids is 1. The zero-order valence-electron chi connectivity index (χ0n) is 9.19. The molecule has 0 saturated heterocycles. The third kappa shape index (κ3) is 2.36. The predicted octanol–water partition coefficient (Wildman–Crippen LogP) is -2.92. The van der Waals surface area contributed by atoms with E-state index < -0.39 is 46.6 Å². The lowest BCUT2D eigenvalue weighted by atomic mass is 10.4. The van der Waals surface area contributed by atoms with Gasteiger partial charge in [0.2, 0.25) is 0 Å². The Bertz CT molecular complexity index is 623. The van der Waals surface area contributed by atoms with E-state index in [1.807, 2.05) is 0 Å². The second-order valence-electron chi connectivity index (χ2n) is 3.43. The highest BCUT2D eigenvalue weighted by Gasteiger charge is 2.17. The smallest absolute Gasteiger partial charge is 0.370 e. The summed E-state index contributed by atoms with van der Waals surface area (Å²) in [5.74, 6) is -2.09. The van der Waals surface area contributed by atoms with E-state index in [9.17, 15) is 24.0 Å². The number of aliphatic carboxylic acids is 1. The van der Waals surface area contributed by atoms with Crippen molar-refractivity contribution in [1.29, 1.82) is 0 Å². The summed E-state index contributed by atoms with van der Waals surface area (Å²) in [5, 5.41) is 17.6. The van der Waals surface area contributed by atoms with Crippen molar-refractivity contribution >= 4 is 11.8 Å². The summed E-state index contributed by atoms with van der Waals surface area (Å²) in [4.78, 5) is 55.6. The second kappa shape index (κ2) is 4.69. The van der Waals surface area contributed by atoms with Crippen LogP contribution in [0.1, 0.15) is 6.92 Å². The Hall–Kier alpha value is -2.65. The molecular weight excluding hydrogens is 250 g/mol. The van der Waals surface area contributed by atoms with Crippen molar-refractivity contribution in [1.82, 2.24) is 13.9 Å². The largest absolute Gasteiger partial charge is 0.480 e. The maximum absolute atomic E-state index is 11.6. The van der Waals surface area contributed by atoms with Crippen molar-refractivity contribution in [3.63, 3.8) is 0 Å². The maximum atomic E-state index is 11.6. The molecule has 0 unspecified atom stereocenters. The van der Waals surface area contributed by atoms with Gasteiger partial charge < -0.3 is 10.3 Å². The molecule has 2 N–H and O–H groups in total. The molecule has 1 rings (SSSR count). The van der Waals surface area contributed by atoms with Crippen molar-refractivity contribution in [2.75, 3.05) is 0 Å². The van der Waals surface area contributed by atoms with E-state index in [0.29, 0.717) is 0 Å². The van der Waals surface area contributed by atoms with Crippen LogP contribution in [0.4, 0.5) is 0 Å². The molecule has 0 aliphatic carbocycles. The third-order valence-electron chi connectivity index (χ3n) is 1.96. The van der Waals surface area contributed by atoms with Crippen molar-refractivity contribution in [2.24, 2.45) is 0 Å². The Morgan fingerprint density at radius 1 is 1.00 bits per heavy atom. The molecule has 1 heterocycles. The van der Waals surface area contributed by atoms with Crippen LogP contribution in [0.15, 0.2) is 14.4 Å². The van der Waals surface area contributed by atoms with Gasteiger partial charge in [0.1, 0.15) is 12.3 Å². The van der Waals surface area contributed by atoms with E-state index in [0.717, 1.165) is 6.92 Å². The number of carbonyl (C=O) groups excluding carboxylic acids is 1. The average Bonchev–Trinajstić information content (AvgIpc) is 2.27. The van der Waals surface area contributed by atoms with Crippen LogP contribution in [0.2, 0.25) is 0 Å². The number of aromatic nitrogens is 3. The highest BCUT2D eigenvalue weighted by molar-refractivity contribution is 5.75. The Labute approximate surface area is 97.9 Å². The number of hydrogen-bond acceptors (Lipinski definition) is 6. The molecule has 98 valence electrons. The molecule has 0 aromatic carbocycles. The van der Waals surface area contributed by atoms with Crippen molar-refractivity contribution in [2.45, 2.75) is 20.0 Å². The Balaban J connectivity index is 3.65. The number of hydrogen-bond donors (Lipinski definition) is 2. The summed E-state index contributed by atoms with van der Waals surface area (Å²) >= 11 is 0. The van der Waals surface area contributed by atoms with Gasteiger partial charge in [0, 0.05) is 0 Å². The van der Waals surface area contributed by atoms with Gasteiger partial charge in [0.25, 0.3) is 0 Å². The average molecular weight is 259 g/mol. The summed E-state index contributed by atoms with van der Waals surface area (Å²) in [6.07, 6.45) is 0. The number of Topliss-reactive ketones (excluding diaryl/α,β-unsaturated/α-hetero) is 1. The molecule has 10 heteroatoms. The quantitative estimate of drug-likeness (QED) is 0.552. The van der Waals surface area contributed by atoms with Gasteiger partial charge in [-0.15, -0.1) is 0 Å². The zero-order valence-corrected chi connectivity index (χ0v) is 9.19. The fraction of sp³-hybridized carbons (Fsp3) is 0.375. The number of rotatable bonds is 4. The fourth-order valence-electron chi connectivity index (χ4n) is 1.25. The zero-order chi connectivity index (χ0) is 14.0. The van der Waals surface area contributed by atoms with E-state index >= 15 is 0 Å². The molecule has 0 aliphatic rings. The predicted molar refractivity (Wildman–Crippen MR) is 54.7 cm³/mol. The lowest BCUT2D eigenvalue weighted by molar-refractivity contribution is -0.137. The minimum atomic E-state index is -1.51. The minimum Gasteiger partial charge on any atom is -0.480 e. The normalized spacial score (nSPS) is 10.3. The number of ketones is 1. The molecule has 1 aromatic heterocycles. The van der Waals surface area contributed by atoms with Crippen molar-refractivity contribution in [3.05, 3.63) is 31.5 Å². The molecule has 0 aliphatic heterocycles. The van der Waals surface area contributed by atoms with Gasteiger partial charge in [0.05, 0.1) is 6.54 Å². The molecule has 0 fully saturated rings. The first-order chi connectivity index (χ1) is 8.25. The van der Waals surface area contributed by atoms with E-state index in [4.69, 9.17) is 10.3 Å². The van der Waals surface area contributed by atoms with Crippen LogP contribution in [0, 0.1) is 0 Å². The molecule has 0 amide bonds. The Kier molecular flexibility index (Phi) is 3.50. The molecule has 18 heavy (non-hydrogen) atoms. The van der Waals surface area contributed by atoms with Gasteiger partial charge in [-0.1, -0.05) is 4.73 Å². The van der Waals surface area contributed by atoms with Crippen LogP contribution in [0.3, 0.4) is 0 Å². The van der Waals surface area contributed by atoms with E-state index in [1.165, 1.54) is 0 Å². The molecule has 0 spiro atoms. The highest BCUT2D eigenvalue weighted by Crippen LogP contribution is 1.77. The lowest BCUT2D eigenvalue weighted by Gasteiger charge is -2.07. The van der Waals surface area contributed by atoms with E-state index in [2.05, 4.69) is 0 Å². The van der Waals surface area contributed by atoms with E-state index in [1.54, 1.807) is 0 Å². The van der Waals surface area contributed by atoms with Crippen LogP contribution in [-0.4, -0.2) is 35.9 Å². The molecule has 0 saturated carbocycles. The van der Waals surface area contributed by atoms with Crippen LogP contribution < -0.4 is 17.1 Å². The summed E-state index contributed by atoms with van der Waals surface area (Å²) in [7, 11) is 0. The molecule has 0 atom stereocenters. The lowest BCUT2D eigenvalue weighted by Crippen LogP contribution is -2.55. The SMILES string of the molecule is CC(=O)Cn1c(=O)n(O)c(=O)n(CC(=O)O)c1=O. The van der Waals surface area contributed by atoms with Crippen LogP contribution in [-0.2, 0) is 22.7 Å². The molecular formula is C8H9N3O7. The summed E-state index contributed by atoms with van der Waals surface area (Å²) < 4.78 is -0.0212. The Morgan fingerprint density at radius 2 is 1.44 bits per heavy atom. The minimum absolute atomic E-state index is 0.132. The van der Waals surface area contributed by atoms with Crippen molar-refractivity contribution < 1.29 is 19.9 Å². The van der Waals surface area contributed by atoms with Crippen LogP contribution in [0.25, 0.3) is 0 Å². The number of carboxylic acid groups (broad SMARTS) is 1. The van der Waals surface area contributed by atoms with Gasteiger partial charge in [-0.25, -0.2) is 23.5 Å². The topological polar surface area (TPSA) is 141 Å². The second-order valence-corrected chi connectivity index (χ2v) is 3.43. The first-order valence-electron chi connectivity index (χ1n) is 4.63. The van der Waals surface area contributed by atoms with Crippen LogP contribution in [0.5, 0.6) is 0 Å². The first kappa shape index (κ1) is 13.4. The number of nitrogens with zero attached hydrogens (tertiary/aromatic N) is 3. The molecule has 10 nitrogen and oxygen atoms in total. The summed E-state index contributed by atoms with van der Waals surface area (Å²) in [6.45, 7) is -0.616. The standard InChI is InChI=1S/C8H9N3O7/c1-4(12)2-9-6(15)10(3-5(13)14)8(17)11(18)7(9)16/h18H,2-3H2,1H3,(H,13,14). The maximum Gasteiger partial charge on any atom is 0.370 e. The monoisotopic (exact) mass is 259 g/mol. The first-order valence-corrected chi connectivity index (χ1v) is 4.63. The molecule has 0 bridgehead atoms. The van der Waals surface area contributed by atoms with Gasteiger partial charge in [0.15, 0.2) is 0 Å². The van der Waals surface area contributed by atoms with Crippen molar-refractivity contribution in [3.8, 4) is 0 Å². The van der Waals surface area contributed by atoms with E-state index in [-0.39, 0.29) is 9.13 Å². The Morgan fingerprint density at radius 3 is 1.83 bits per heavy atom. The third-order valence-corrected chi connectivity index (χ3v) is 1.96. The van der Waals surface area contributed by atoms with Crippen LogP contribution >= 0.6 is 0 Å². The van der Waals surface area contributed by atoms with Gasteiger partial charge in [-0.2, -0.15) is 0 Å². The summed E-state index contributed by atoms with van der Waals surface area (Å²) in [5.41, 5.74) is -4.15. The van der Waals surface area contributed by atoms with Gasteiger partial charge in [-0.05, 0) is 6.92 Å². The fourth-order valence-corrected chi connectivity index (χ4v) is 1.25. The number of carbonyl (C=O) groups is 2. The summed E-state index contributed by atoms with van der Waals surface area (Å²) in [6, 6.07) is 0. The molecule has 0 radical (unpaired) electrons. The van der Waals surface area contributed by atoms with Gasteiger partial charge in [-0.3, -0.25) is 9.59 Å². The molecule has 1 aromatic rings.